The number of anilines is 3. The Kier molecular flexibility index (Phi) is 31.1. The molecule has 0 aliphatic carbocycles. The van der Waals surface area contributed by atoms with Gasteiger partial charge in [-0.1, -0.05) is 173 Å². The summed E-state index contributed by atoms with van der Waals surface area (Å²) in [6, 6.07) is 22.9. The lowest BCUT2D eigenvalue weighted by atomic mass is 9.97. The Bertz CT molecular complexity index is 4990. The minimum absolute atomic E-state index is 0.207. The summed E-state index contributed by atoms with van der Waals surface area (Å²) in [7, 11) is 0. The lowest BCUT2D eigenvalue weighted by Crippen LogP contribution is -2.28. The Morgan fingerprint density at radius 1 is 0.477 bits per heavy atom. The second-order valence-corrected chi connectivity index (χ2v) is 34.0. The second kappa shape index (κ2) is 39.6. The molecule has 0 bridgehead atoms. The van der Waals surface area contributed by atoms with Crippen molar-refractivity contribution in [2.75, 3.05) is 49.9 Å². The van der Waals surface area contributed by atoms with Crippen LogP contribution >= 0.6 is 105 Å². The van der Waals surface area contributed by atoms with Crippen LogP contribution < -0.4 is 44.0 Å². The Hall–Kier alpha value is -7.03. The highest BCUT2D eigenvalue weighted by atomic mass is 35.5. The van der Waals surface area contributed by atoms with Gasteiger partial charge in [0.1, 0.15) is 24.5 Å². The van der Waals surface area contributed by atoms with Gasteiger partial charge in [0.25, 0.3) is 0 Å². The number of halogens is 5. The third kappa shape index (κ3) is 24.5. The number of hydrogen-bond acceptors (Lipinski definition) is 23. The fraction of sp³-hybridized carbons (Fsp3) is 0.405. The number of benzene rings is 4. The predicted octanol–water partition coefficient (Wildman–Crippen LogP) is 16.8. The van der Waals surface area contributed by atoms with Crippen LogP contribution in [0.25, 0.3) is 44.7 Å². The molecule has 107 heavy (non-hydrogen) atoms. The molecule has 8 heterocycles. The number of nitrogens with zero attached hydrogens (tertiary/aromatic N) is 15. The number of nitrogen functional groups attached to an aromatic ring is 3. The number of fused-ring (bicyclic) bond motifs is 4. The molecule has 0 saturated heterocycles. The third-order valence-electron chi connectivity index (χ3n) is 16.0. The van der Waals surface area contributed by atoms with Crippen molar-refractivity contribution in [3.8, 4) is 0 Å². The van der Waals surface area contributed by atoms with E-state index in [0.717, 1.165) is 175 Å². The molecule has 0 amide bonds. The number of nitrogens with two attached hydrogens (primary N) is 3. The minimum atomic E-state index is 0.207. The number of aromatic amines is 1. The topological polar surface area (TPSA) is 327 Å². The van der Waals surface area contributed by atoms with Gasteiger partial charge in [-0.25, -0.2) is 54.8 Å². The maximum atomic E-state index is 8.05. The molecule has 12 N–H and O–H groups in total. The molecule has 0 spiro atoms. The van der Waals surface area contributed by atoms with Gasteiger partial charge in [0.15, 0.2) is 82.7 Å². The van der Waals surface area contributed by atoms with E-state index in [9.17, 15) is 0 Å². The largest absolute Gasteiger partial charge is 0.382 e. The molecule has 0 atom stereocenters. The van der Waals surface area contributed by atoms with E-state index in [1.54, 1.807) is 29.9 Å². The Balaban J connectivity index is 0.000000165. The number of aryl methyl sites for hydroxylation is 8. The van der Waals surface area contributed by atoms with Gasteiger partial charge < -0.3 is 61.7 Å². The summed E-state index contributed by atoms with van der Waals surface area (Å²) < 4.78 is 8.31. The molecule has 33 heteroatoms. The Morgan fingerprint density at radius 2 is 0.916 bits per heavy atom. The molecule has 0 aliphatic rings. The third-order valence-corrected chi connectivity index (χ3v) is 21.6. The van der Waals surface area contributed by atoms with Crippen molar-refractivity contribution in [2.45, 2.75) is 200 Å². The Labute approximate surface area is 667 Å². The molecule has 0 unspecified atom stereocenters. The number of H-pyrrole nitrogens is 1. The molecule has 0 aliphatic heterocycles. The standard InChI is InChI=1S/C20H27ClN6S.C18H22Cl2N6S.2C18H23ClN6S/c1-13-8-14(21)10-15(9-13)28-19-26-16-17(22)24-12-25-18(16)27(19)7-5-6-23-11-20(2,3)4;1-10(2)22-5-4-6-26-17-15(16(21)23-9-24-17)25-18(26)27-14-8-13(20)12(19)7-11(14)3;1-11(2)21-7-4-8-25-17-15(16(20)22-10-23-17)24-18(25)26-14-9-13(19)6-5-12(14)3;1-11(2)21-5-4-6-25-10-22-16(20)15-17(25)24-18(23-15)26-14-8-12(3)7-13(19)9-14/h8-10,12,23H,5-7,11H2,1-4H3,(H2,22,24,25);7-10,22H,4-6H2,1-3H3,(H2,21,23,24);5-6,9-11,21H,4,7-8H2,1-3H3,(H2,20,22,23);7-11,20-21H,4-6H2,1-3H3,(H,23,24). The molecule has 12 aromatic rings. The summed E-state index contributed by atoms with van der Waals surface area (Å²) >= 11 is 37.0. The van der Waals surface area contributed by atoms with Crippen LogP contribution in [0.3, 0.4) is 0 Å². The van der Waals surface area contributed by atoms with Gasteiger partial charge in [-0.05, 0) is 174 Å². The molecule has 24 nitrogen and oxygen atoms in total. The number of aromatic nitrogens is 16. The maximum Gasteiger partial charge on any atom is 0.175 e. The summed E-state index contributed by atoms with van der Waals surface area (Å²) in [5.74, 6) is 1.18. The molecular weight excluding hydrogens is 1530 g/mol. The van der Waals surface area contributed by atoms with E-state index in [1.165, 1.54) is 42.5 Å². The average molecular weight is 1630 g/mol. The number of rotatable bonds is 28. The molecule has 570 valence electrons. The van der Waals surface area contributed by atoms with Crippen LogP contribution in [0.15, 0.2) is 132 Å². The van der Waals surface area contributed by atoms with Crippen LogP contribution in [-0.4, -0.2) is 129 Å². The molecule has 12 rings (SSSR count). The van der Waals surface area contributed by atoms with Gasteiger partial charge in [0, 0.05) is 79.0 Å². The first-order valence-corrected chi connectivity index (χ1v) is 40.4. The first-order chi connectivity index (χ1) is 51.0. The van der Waals surface area contributed by atoms with Crippen molar-refractivity contribution in [3.05, 3.63) is 145 Å². The average Bonchev–Trinajstić information content (AvgIpc) is 1.66. The quantitative estimate of drug-likeness (QED) is 0.0206. The highest BCUT2D eigenvalue weighted by Crippen LogP contribution is 2.39. The van der Waals surface area contributed by atoms with E-state index in [0.29, 0.717) is 77.7 Å². The zero-order valence-electron chi connectivity index (χ0n) is 62.5. The maximum absolute atomic E-state index is 8.05. The first-order valence-electron chi connectivity index (χ1n) is 35.3. The van der Waals surface area contributed by atoms with Crippen LogP contribution in [-0.2, 0) is 26.2 Å². The van der Waals surface area contributed by atoms with E-state index in [2.05, 4.69) is 161 Å². The lowest BCUT2D eigenvalue weighted by Gasteiger charge is -2.18. The molecule has 0 fully saturated rings. The molecular formula is C74H95Cl5N24S4. The van der Waals surface area contributed by atoms with Crippen molar-refractivity contribution in [3.63, 3.8) is 0 Å². The van der Waals surface area contributed by atoms with Gasteiger partial charge in [-0.2, -0.15) is 0 Å². The lowest BCUT2D eigenvalue weighted by molar-refractivity contribution is 0.376. The summed E-state index contributed by atoms with van der Waals surface area (Å²) in [6.45, 7) is 35.5. The van der Waals surface area contributed by atoms with Gasteiger partial charge in [0.05, 0.1) is 16.4 Å². The van der Waals surface area contributed by atoms with Crippen LogP contribution in [0.2, 0.25) is 25.1 Å². The van der Waals surface area contributed by atoms with Gasteiger partial charge in [-0.15, -0.1) is 0 Å². The number of hydrogen-bond donors (Lipinski definition) is 9. The van der Waals surface area contributed by atoms with E-state index in [1.807, 2.05) is 79.9 Å². The van der Waals surface area contributed by atoms with E-state index in [4.69, 9.17) is 95.6 Å². The SMILES string of the molecule is Cc1cc(Cl)c(Cl)cc1Sc1nc2c(N)ncnc2n1CCCNC(C)C.Cc1cc(Cl)cc(Sc2nc3c(N)ncnc3n2CCCNCC(C)(C)C)c1.Cc1cc(Cl)cc(Sc2nc3c([nH]2)c(=N)ncn3CCCNC(C)C)c1.Cc1ccc(Cl)cc1Sc1nc2c(N)ncnc2n1CCCNC(C)C. The van der Waals surface area contributed by atoms with Gasteiger partial charge >= 0.3 is 0 Å². The van der Waals surface area contributed by atoms with Crippen LogP contribution in [0.1, 0.15) is 110 Å². The number of imidazole rings is 4. The van der Waals surface area contributed by atoms with Gasteiger partial charge in [0.2, 0.25) is 0 Å². The highest BCUT2D eigenvalue weighted by Gasteiger charge is 2.22. The molecule has 0 radical (unpaired) electrons. The summed E-state index contributed by atoms with van der Waals surface area (Å²) in [5.41, 5.74) is 28.5. The van der Waals surface area contributed by atoms with Crippen LogP contribution in [0.5, 0.6) is 0 Å². The summed E-state index contributed by atoms with van der Waals surface area (Å²) in [6.07, 6.45) is 10.00. The smallest absolute Gasteiger partial charge is 0.175 e. The minimum Gasteiger partial charge on any atom is -0.382 e. The summed E-state index contributed by atoms with van der Waals surface area (Å²) in [5, 5.41) is 28.3. The normalized spacial score (nSPS) is 11.7. The Morgan fingerprint density at radius 3 is 1.38 bits per heavy atom. The zero-order valence-corrected chi connectivity index (χ0v) is 69.6. The van der Waals surface area contributed by atoms with Crippen LogP contribution in [0, 0.1) is 38.5 Å². The van der Waals surface area contributed by atoms with E-state index >= 15 is 0 Å². The monoisotopic (exact) mass is 1620 g/mol. The number of nitrogens with one attached hydrogen (secondary N) is 6. The molecule has 8 aromatic heterocycles. The van der Waals surface area contributed by atoms with Crippen molar-refractivity contribution in [1.82, 2.24) is 99.3 Å². The van der Waals surface area contributed by atoms with E-state index < -0.39 is 0 Å². The van der Waals surface area contributed by atoms with Crippen molar-refractivity contribution in [2.24, 2.45) is 5.41 Å². The highest BCUT2D eigenvalue weighted by molar-refractivity contribution is 8.00. The zero-order chi connectivity index (χ0) is 77.2. The molecule has 4 aromatic carbocycles. The first kappa shape index (κ1) is 84.0. The van der Waals surface area contributed by atoms with Crippen molar-refractivity contribution < 1.29 is 0 Å². The predicted molar refractivity (Wildman–Crippen MR) is 443 cm³/mol. The van der Waals surface area contributed by atoms with Crippen LogP contribution in [0.4, 0.5) is 17.5 Å². The fourth-order valence-corrected chi connectivity index (χ4v) is 16.3. The second-order valence-electron chi connectivity index (χ2n) is 27.7. The van der Waals surface area contributed by atoms with E-state index in [-0.39, 0.29) is 10.9 Å². The molecule has 0 saturated carbocycles. The summed E-state index contributed by atoms with van der Waals surface area (Å²) in [4.78, 5) is 55.8. The van der Waals surface area contributed by atoms with Crippen molar-refractivity contribution in [1.29, 1.82) is 5.41 Å². The fourth-order valence-electron chi connectivity index (χ4n) is 10.9. The van der Waals surface area contributed by atoms with Crippen molar-refractivity contribution >= 4 is 167 Å². The van der Waals surface area contributed by atoms with Gasteiger partial charge in [-0.3, -0.25) is 5.41 Å².